The molecule has 3 nitrogen and oxygen atoms in total. The van der Waals surface area contributed by atoms with Gasteiger partial charge in [-0.2, -0.15) is 0 Å². The Morgan fingerprint density at radius 1 is 1.05 bits per heavy atom. The number of halogens is 1. The third kappa shape index (κ3) is 3.82. The van der Waals surface area contributed by atoms with Crippen LogP contribution in [0.2, 0.25) is 0 Å². The second kappa shape index (κ2) is 7.23. The molecule has 0 spiro atoms. The van der Waals surface area contributed by atoms with Crippen LogP contribution in [0.3, 0.4) is 0 Å². The summed E-state index contributed by atoms with van der Waals surface area (Å²) in [7, 11) is 5.32. The zero-order chi connectivity index (χ0) is 15.2. The number of hydrogen-bond donors (Lipinski definition) is 0. The average molecular weight is 306 g/mol. The Kier molecular flexibility index (Phi) is 5.34. The summed E-state index contributed by atoms with van der Waals surface area (Å²) in [4.78, 5) is 2.12. The zero-order valence-electron chi connectivity index (χ0n) is 12.5. The first-order chi connectivity index (χ1) is 10.2. The minimum Gasteiger partial charge on any atom is -0.497 e. The number of likely N-dealkylation sites (N-methyl/N-ethyl adjacent to an activating group) is 1. The van der Waals surface area contributed by atoms with Crippen LogP contribution in [0.4, 0.5) is 5.69 Å². The van der Waals surface area contributed by atoms with Crippen molar-refractivity contribution < 1.29 is 9.47 Å². The molecule has 0 aliphatic heterocycles. The van der Waals surface area contributed by atoms with Gasteiger partial charge in [-0.3, -0.25) is 0 Å². The van der Waals surface area contributed by atoms with Crippen molar-refractivity contribution in [1.29, 1.82) is 0 Å². The Morgan fingerprint density at radius 3 is 2.38 bits per heavy atom. The lowest BCUT2D eigenvalue weighted by Gasteiger charge is -2.23. The quantitative estimate of drug-likeness (QED) is 0.749. The van der Waals surface area contributed by atoms with Gasteiger partial charge in [-0.05, 0) is 30.3 Å². The van der Waals surface area contributed by atoms with Crippen LogP contribution in [-0.2, 0) is 0 Å². The number of benzene rings is 2. The standard InChI is InChI=1S/C17H20ClNO2/c1-19(13-7-5-4-6-8-13)12-16(18)15-11-14(20-2)9-10-17(15)21-3/h4-11,16H,12H2,1-3H3. The number of para-hydroxylation sites is 1. The molecule has 112 valence electrons. The minimum atomic E-state index is -0.194. The number of hydrogen-bond acceptors (Lipinski definition) is 3. The second-order valence-corrected chi connectivity index (χ2v) is 5.32. The van der Waals surface area contributed by atoms with Gasteiger partial charge in [0.2, 0.25) is 0 Å². The van der Waals surface area contributed by atoms with E-state index in [1.807, 2.05) is 43.4 Å². The van der Waals surface area contributed by atoms with Crippen LogP contribution in [0, 0.1) is 0 Å². The van der Waals surface area contributed by atoms with E-state index in [1.54, 1.807) is 14.2 Å². The normalized spacial score (nSPS) is 11.8. The van der Waals surface area contributed by atoms with Crippen molar-refractivity contribution in [2.24, 2.45) is 0 Å². The van der Waals surface area contributed by atoms with Gasteiger partial charge in [0, 0.05) is 24.8 Å². The van der Waals surface area contributed by atoms with E-state index in [4.69, 9.17) is 21.1 Å². The predicted octanol–water partition coefficient (Wildman–Crippen LogP) is 4.12. The summed E-state index contributed by atoms with van der Waals surface area (Å²) >= 11 is 6.59. The zero-order valence-corrected chi connectivity index (χ0v) is 13.3. The molecule has 0 saturated heterocycles. The van der Waals surface area contributed by atoms with Crippen molar-refractivity contribution in [3.63, 3.8) is 0 Å². The molecule has 1 unspecified atom stereocenters. The Balaban J connectivity index is 2.18. The molecule has 1 atom stereocenters. The number of methoxy groups -OCH3 is 2. The molecule has 0 N–H and O–H groups in total. The fourth-order valence-electron chi connectivity index (χ4n) is 2.21. The maximum absolute atomic E-state index is 6.59. The van der Waals surface area contributed by atoms with Gasteiger partial charge in [0.25, 0.3) is 0 Å². The summed E-state index contributed by atoms with van der Waals surface area (Å²) in [5.74, 6) is 1.55. The monoisotopic (exact) mass is 305 g/mol. The van der Waals surface area contributed by atoms with Crippen molar-refractivity contribution in [2.75, 3.05) is 32.7 Å². The molecular weight excluding hydrogens is 286 g/mol. The largest absolute Gasteiger partial charge is 0.497 e. The fraction of sp³-hybridized carbons (Fsp3) is 0.294. The Labute approximate surface area is 131 Å². The summed E-state index contributed by atoms with van der Waals surface area (Å²) in [5, 5.41) is -0.194. The molecule has 0 bridgehead atoms. The first-order valence-electron chi connectivity index (χ1n) is 6.78. The van der Waals surface area contributed by atoms with E-state index in [9.17, 15) is 0 Å². The van der Waals surface area contributed by atoms with E-state index in [-0.39, 0.29) is 5.38 Å². The average Bonchev–Trinajstić information content (AvgIpc) is 2.54. The Morgan fingerprint density at radius 2 is 1.76 bits per heavy atom. The van der Waals surface area contributed by atoms with Crippen molar-refractivity contribution in [1.82, 2.24) is 0 Å². The molecule has 0 amide bonds. The molecule has 2 rings (SSSR count). The molecule has 0 aliphatic rings. The van der Waals surface area contributed by atoms with Crippen LogP contribution >= 0.6 is 11.6 Å². The first-order valence-corrected chi connectivity index (χ1v) is 7.21. The highest BCUT2D eigenvalue weighted by Gasteiger charge is 2.17. The highest BCUT2D eigenvalue weighted by molar-refractivity contribution is 6.21. The van der Waals surface area contributed by atoms with Crippen molar-refractivity contribution in [2.45, 2.75) is 5.38 Å². The molecule has 4 heteroatoms. The van der Waals surface area contributed by atoms with Gasteiger partial charge < -0.3 is 14.4 Å². The lowest BCUT2D eigenvalue weighted by atomic mass is 10.1. The van der Waals surface area contributed by atoms with Crippen LogP contribution < -0.4 is 14.4 Å². The third-order valence-corrected chi connectivity index (χ3v) is 3.78. The molecule has 0 aliphatic carbocycles. The predicted molar refractivity (Wildman–Crippen MR) is 87.9 cm³/mol. The third-order valence-electron chi connectivity index (χ3n) is 3.41. The molecule has 0 heterocycles. The van der Waals surface area contributed by atoms with Crippen molar-refractivity contribution in [3.05, 3.63) is 54.1 Å². The van der Waals surface area contributed by atoms with Gasteiger partial charge >= 0.3 is 0 Å². The van der Waals surface area contributed by atoms with E-state index >= 15 is 0 Å². The molecule has 0 saturated carbocycles. The van der Waals surface area contributed by atoms with Gasteiger partial charge in [0.05, 0.1) is 19.6 Å². The molecule has 2 aromatic carbocycles. The molecule has 0 fully saturated rings. The lowest BCUT2D eigenvalue weighted by Crippen LogP contribution is -2.22. The fourth-order valence-corrected chi connectivity index (χ4v) is 2.59. The van der Waals surface area contributed by atoms with Crippen LogP contribution in [0.1, 0.15) is 10.9 Å². The number of ether oxygens (including phenoxy) is 2. The Bertz CT molecular complexity index is 574. The number of nitrogens with zero attached hydrogens (tertiary/aromatic N) is 1. The van der Waals surface area contributed by atoms with Crippen LogP contribution in [0.15, 0.2) is 48.5 Å². The summed E-state index contributed by atoms with van der Waals surface area (Å²) in [6.07, 6.45) is 0. The first kappa shape index (κ1) is 15.5. The van der Waals surface area contributed by atoms with E-state index in [2.05, 4.69) is 17.0 Å². The van der Waals surface area contributed by atoms with Crippen LogP contribution in [0.5, 0.6) is 11.5 Å². The minimum absolute atomic E-state index is 0.194. The van der Waals surface area contributed by atoms with Crippen LogP contribution in [-0.4, -0.2) is 27.8 Å². The van der Waals surface area contributed by atoms with E-state index in [0.29, 0.717) is 6.54 Å². The van der Waals surface area contributed by atoms with Crippen LogP contribution in [0.25, 0.3) is 0 Å². The van der Waals surface area contributed by atoms with E-state index in [0.717, 1.165) is 22.7 Å². The van der Waals surface area contributed by atoms with E-state index in [1.165, 1.54) is 0 Å². The molecular formula is C17H20ClNO2. The second-order valence-electron chi connectivity index (χ2n) is 4.79. The van der Waals surface area contributed by atoms with Gasteiger partial charge in [-0.1, -0.05) is 18.2 Å². The molecule has 0 radical (unpaired) electrons. The molecule has 0 aromatic heterocycles. The molecule has 21 heavy (non-hydrogen) atoms. The summed E-state index contributed by atoms with van der Waals surface area (Å²) < 4.78 is 10.7. The van der Waals surface area contributed by atoms with Crippen molar-refractivity contribution in [3.8, 4) is 11.5 Å². The summed E-state index contributed by atoms with van der Waals surface area (Å²) in [6, 6.07) is 15.8. The smallest absolute Gasteiger partial charge is 0.123 e. The van der Waals surface area contributed by atoms with E-state index < -0.39 is 0 Å². The topological polar surface area (TPSA) is 21.7 Å². The van der Waals surface area contributed by atoms with Gasteiger partial charge in [0.15, 0.2) is 0 Å². The highest BCUT2D eigenvalue weighted by Crippen LogP contribution is 2.34. The maximum Gasteiger partial charge on any atom is 0.123 e. The Hall–Kier alpha value is -1.87. The number of alkyl halides is 1. The van der Waals surface area contributed by atoms with Gasteiger partial charge in [-0.15, -0.1) is 11.6 Å². The highest BCUT2D eigenvalue weighted by atomic mass is 35.5. The number of anilines is 1. The number of rotatable bonds is 6. The SMILES string of the molecule is COc1ccc(OC)c(C(Cl)CN(C)c2ccccc2)c1. The van der Waals surface area contributed by atoms with Crippen molar-refractivity contribution >= 4 is 17.3 Å². The summed E-state index contributed by atoms with van der Waals surface area (Å²) in [5.41, 5.74) is 2.06. The van der Waals surface area contributed by atoms with Gasteiger partial charge in [0.1, 0.15) is 11.5 Å². The van der Waals surface area contributed by atoms with Gasteiger partial charge in [-0.25, -0.2) is 0 Å². The molecule has 2 aromatic rings. The lowest BCUT2D eigenvalue weighted by molar-refractivity contribution is 0.398. The summed E-state index contributed by atoms with van der Waals surface area (Å²) in [6.45, 7) is 0.676. The maximum atomic E-state index is 6.59.